The predicted octanol–water partition coefficient (Wildman–Crippen LogP) is -2.79. The summed E-state index contributed by atoms with van der Waals surface area (Å²) in [4.78, 5) is 61.3. The zero-order valence-corrected chi connectivity index (χ0v) is 21.2. The Balaban J connectivity index is 1.43. The van der Waals surface area contributed by atoms with Crippen LogP contribution in [-0.4, -0.2) is 129 Å². The molecule has 4 fully saturated rings. The third-order valence-corrected chi connectivity index (χ3v) is 7.91. The number of piperazine rings is 1. The van der Waals surface area contributed by atoms with E-state index in [1.165, 1.54) is 11.8 Å². The Morgan fingerprint density at radius 3 is 2.55 bits per heavy atom. The van der Waals surface area contributed by atoms with E-state index >= 15 is 0 Å². The fourth-order valence-corrected chi connectivity index (χ4v) is 5.91. The van der Waals surface area contributed by atoms with Gasteiger partial charge in [-0.25, -0.2) is 0 Å². The number of likely N-dealkylation sites (tertiary alicyclic amines) is 1. The minimum absolute atomic E-state index is 0.0280. The van der Waals surface area contributed by atoms with E-state index in [2.05, 4.69) is 15.6 Å². The zero-order valence-electron chi connectivity index (χ0n) is 21.2. The molecule has 4 amide bonds. The molecule has 0 spiro atoms. The van der Waals surface area contributed by atoms with E-state index in [0.29, 0.717) is 19.5 Å². The van der Waals surface area contributed by atoms with Gasteiger partial charge in [-0.1, -0.05) is 0 Å². The number of rotatable bonds is 2. The molecule has 5 heterocycles. The number of fused-ring (bicyclic) bond motifs is 6. The Kier molecular flexibility index (Phi) is 7.61. The summed E-state index contributed by atoms with van der Waals surface area (Å²) in [5.74, 6) is -1.26. The van der Waals surface area contributed by atoms with Gasteiger partial charge in [-0.2, -0.15) is 0 Å². The second-order valence-electron chi connectivity index (χ2n) is 10.5. The highest BCUT2D eigenvalue weighted by Crippen LogP contribution is 2.27. The summed E-state index contributed by atoms with van der Waals surface area (Å²) >= 11 is 0. The molecule has 0 radical (unpaired) electrons. The molecule has 4 saturated heterocycles. The Morgan fingerprint density at radius 2 is 1.82 bits per heavy atom. The molecule has 6 bridgehead atoms. The Bertz CT molecular complexity index is 1070. The highest BCUT2D eigenvalue weighted by molar-refractivity contribution is 5.89. The van der Waals surface area contributed by atoms with Gasteiger partial charge in [0.05, 0.1) is 25.1 Å². The van der Waals surface area contributed by atoms with Crippen molar-refractivity contribution in [1.82, 2.24) is 30.3 Å². The van der Waals surface area contributed by atoms with Crippen molar-refractivity contribution >= 4 is 23.6 Å². The molecule has 0 saturated carbocycles. The van der Waals surface area contributed by atoms with Crippen LogP contribution >= 0.6 is 0 Å². The summed E-state index contributed by atoms with van der Waals surface area (Å²) < 4.78 is 5.74. The molecule has 1 aromatic heterocycles. The van der Waals surface area contributed by atoms with Gasteiger partial charge < -0.3 is 35.4 Å². The van der Waals surface area contributed by atoms with Crippen LogP contribution in [0.2, 0.25) is 0 Å². The highest BCUT2D eigenvalue weighted by atomic mass is 16.5. The molecular formula is C25H34N6O7. The van der Waals surface area contributed by atoms with E-state index in [1.807, 2.05) is 17.0 Å². The van der Waals surface area contributed by atoms with Crippen LogP contribution in [0.15, 0.2) is 24.5 Å². The second-order valence-corrected chi connectivity index (χ2v) is 10.5. The van der Waals surface area contributed by atoms with Gasteiger partial charge in [-0.15, -0.1) is 0 Å². The van der Waals surface area contributed by atoms with E-state index in [0.717, 1.165) is 5.56 Å². The Hall–Kier alpha value is -3.13. The molecule has 5 rings (SSSR count). The first-order valence-corrected chi connectivity index (χ1v) is 13.0. The first kappa shape index (κ1) is 26.5. The average Bonchev–Trinajstić information content (AvgIpc) is 3.41. The Morgan fingerprint density at radius 1 is 1.08 bits per heavy atom. The minimum atomic E-state index is -1.29. The molecule has 7 atom stereocenters. The fourth-order valence-electron chi connectivity index (χ4n) is 5.91. The van der Waals surface area contributed by atoms with Gasteiger partial charge in [0, 0.05) is 58.1 Å². The van der Waals surface area contributed by atoms with Crippen LogP contribution in [0, 0.1) is 0 Å². The lowest BCUT2D eigenvalue weighted by atomic mass is 10.0. The number of nitrogens with one attached hydrogen (secondary N) is 2. The first-order chi connectivity index (χ1) is 18.2. The first-order valence-electron chi connectivity index (χ1n) is 13.0. The SMILES string of the molecule is CC(=O)N1CCN2C[C@H]1C(=O)NC[C@H]1O[C@@H](CC(=O)N[C@H]3C[C@@H](C2=O)N(Cc2ccncc2)C3)[C@H](O)[C@@H]1O. The van der Waals surface area contributed by atoms with E-state index < -0.39 is 42.4 Å². The van der Waals surface area contributed by atoms with Crippen molar-refractivity contribution in [2.45, 2.75) is 68.9 Å². The molecule has 0 aliphatic carbocycles. The number of carbonyl (C=O) groups excluding carboxylic acids is 4. The molecule has 0 unspecified atom stereocenters. The smallest absolute Gasteiger partial charge is 0.244 e. The molecule has 4 N–H and O–H groups in total. The van der Waals surface area contributed by atoms with Crippen LogP contribution < -0.4 is 10.6 Å². The van der Waals surface area contributed by atoms with Gasteiger partial charge in [0.1, 0.15) is 24.4 Å². The quantitative estimate of drug-likeness (QED) is 0.316. The van der Waals surface area contributed by atoms with E-state index in [-0.39, 0.29) is 56.4 Å². The van der Waals surface area contributed by atoms with Crippen molar-refractivity contribution in [2.24, 2.45) is 0 Å². The Labute approximate surface area is 220 Å². The maximum Gasteiger partial charge on any atom is 0.244 e. The van der Waals surface area contributed by atoms with Gasteiger partial charge in [0.25, 0.3) is 0 Å². The van der Waals surface area contributed by atoms with E-state index in [1.54, 1.807) is 17.3 Å². The highest BCUT2D eigenvalue weighted by Gasteiger charge is 2.46. The van der Waals surface area contributed by atoms with Crippen molar-refractivity contribution < 1.29 is 34.1 Å². The summed E-state index contributed by atoms with van der Waals surface area (Å²) in [5, 5.41) is 26.6. The number of amides is 4. The van der Waals surface area contributed by atoms with Crippen molar-refractivity contribution in [2.75, 3.05) is 32.7 Å². The van der Waals surface area contributed by atoms with Crippen molar-refractivity contribution in [1.29, 1.82) is 0 Å². The third kappa shape index (κ3) is 5.37. The molecule has 13 nitrogen and oxygen atoms in total. The summed E-state index contributed by atoms with van der Waals surface area (Å²) in [6.07, 6.45) is -0.872. The topological polar surface area (TPSA) is 165 Å². The molecule has 206 valence electrons. The number of aliphatic hydroxyl groups excluding tert-OH is 2. The monoisotopic (exact) mass is 530 g/mol. The van der Waals surface area contributed by atoms with Crippen molar-refractivity contribution in [3.8, 4) is 0 Å². The third-order valence-electron chi connectivity index (χ3n) is 7.91. The van der Waals surface area contributed by atoms with Crippen LogP contribution in [-0.2, 0) is 30.5 Å². The van der Waals surface area contributed by atoms with Gasteiger partial charge in [0.15, 0.2) is 0 Å². The van der Waals surface area contributed by atoms with Gasteiger partial charge >= 0.3 is 0 Å². The lowest BCUT2D eigenvalue weighted by molar-refractivity contribution is -0.149. The number of aliphatic hydroxyl groups is 2. The number of ether oxygens (including phenoxy) is 1. The van der Waals surface area contributed by atoms with E-state index in [9.17, 15) is 29.4 Å². The molecule has 38 heavy (non-hydrogen) atoms. The number of hydrogen-bond acceptors (Lipinski definition) is 9. The van der Waals surface area contributed by atoms with Crippen LogP contribution in [0.25, 0.3) is 0 Å². The second kappa shape index (κ2) is 10.9. The predicted molar refractivity (Wildman–Crippen MR) is 131 cm³/mol. The van der Waals surface area contributed by atoms with E-state index in [4.69, 9.17) is 4.74 Å². The fraction of sp³-hybridized carbons (Fsp3) is 0.640. The van der Waals surface area contributed by atoms with Crippen molar-refractivity contribution in [3.63, 3.8) is 0 Å². The zero-order chi connectivity index (χ0) is 27.0. The standard InChI is InChI=1S/C25H34N6O7/c1-14(32)31-7-6-29-13-18(31)24(36)27-10-20-23(35)22(34)19(38-20)9-21(33)28-16-8-17(25(29)37)30(12-16)11-15-2-4-26-5-3-15/h2-5,16-20,22-23,34-35H,6-13H2,1H3,(H,27,36)(H,28,33)/t16-,17-,18-,19-,20+,22-,23+/m0/s1. The van der Waals surface area contributed by atoms with Gasteiger partial charge in [-0.05, 0) is 24.1 Å². The summed E-state index contributed by atoms with van der Waals surface area (Å²) in [6, 6.07) is 1.99. The number of carbonyl (C=O) groups is 4. The molecule has 1 aromatic rings. The van der Waals surface area contributed by atoms with Crippen LogP contribution in [0.4, 0.5) is 0 Å². The normalized spacial score (nSPS) is 34.7. The molecule has 13 heteroatoms. The number of aromatic nitrogens is 1. The number of nitrogens with zero attached hydrogens (tertiary/aromatic N) is 4. The van der Waals surface area contributed by atoms with Crippen LogP contribution in [0.3, 0.4) is 0 Å². The summed E-state index contributed by atoms with van der Waals surface area (Å²) in [6.45, 7) is 2.70. The molecule has 4 aliphatic rings. The van der Waals surface area contributed by atoms with Gasteiger partial charge in [0.2, 0.25) is 23.6 Å². The number of pyridine rings is 1. The molecule has 0 aromatic carbocycles. The lowest BCUT2D eigenvalue weighted by Crippen LogP contribution is -2.63. The maximum absolute atomic E-state index is 13.8. The van der Waals surface area contributed by atoms with Crippen molar-refractivity contribution in [3.05, 3.63) is 30.1 Å². The average molecular weight is 531 g/mol. The largest absolute Gasteiger partial charge is 0.388 e. The van der Waals surface area contributed by atoms with Crippen LogP contribution in [0.5, 0.6) is 0 Å². The van der Waals surface area contributed by atoms with Gasteiger partial charge in [-0.3, -0.25) is 29.1 Å². The minimum Gasteiger partial charge on any atom is -0.388 e. The maximum atomic E-state index is 13.8. The molecule has 4 aliphatic heterocycles. The summed E-state index contributed by atoms with van der Waals surface area (Å²) in [7, 11) is 0. The number of hydrogen-bond donors (Lipinski definition) is 4. The lowest BCUT2D eigenvalue weighted by Gasteiger charge is -2.41. The summed E-state index contributed by atoms with van der Waals surface area (Å²) in [5.41, 5.74) is 0.969. The molecular weight excluding hydrogens is 496 g/mol. The van der Waals surface area contributed by atoms with Crippen LogP contribution in [0.1, 0.15) is 25.3 Å².